The molecule has 0 spiro atoms. The van der Waals surface area contributed by atoms with Gasteiger partial charge in [0.2, 0.25) is 0 Å². The zero-order chi connectivity index (χ0) is 33.0. The van der Waals surface area contributed by atoms with Crippen LogP contribution in [0.4, 0.5) is 11.4 Å². The molecule has 0 saturated carbocycles. The average Bonchev–Trinajstić information content (AvgIpc) is 3.16. The van der Waals surface area contributed by atoms with Crippen molar-refractivity contribution >= 4 is 22.5 Å². The van der Waals surface area contributed by atoms with Gasteiger partial charge in [0.25, 0.3) is 0 Å². The Kier molecular flexibility index (Phi) is 11.0. The summed E-state index contributed by atoms with van der Waals surface area (Å²) in [6, 6.07) is 61.0. The first-order valence-electron chi connectivity index (χ1n) is 17.0. The van der Waals surface area contributed by atoms with Crippen molar-refractivity contribution in [1.82, 2.24) is 0 Å². The highest BCUT2D eigenvalue weighted by Gasteiger charge is 2.12. The van der Waals surface area contributed by atoms with Gasteiger partial charge < -0.3 is 9.80 Å². The van der Waals surface area contributed by atoms with E-state index in [4.69, 9.17) is 0 Å². The molecule has 0 amide bonds. The summed E-state index contributed by atoms with van der Waals surface area (Å²) in [5.41, 5.74) is 12.2. The van der Waals surface area contributed by atoms with Gasteiger partial charge in [0.15, 0.2) is 0 Å². The molecule has 0 unspecified atom stereocenters. The van der Waals surface area contributed by atoms with E-state index in [-0.39, 0.29) is 0 Å². The zero-order valence-corrected chi connectivity index (χ0v) is 28.0. The molecule has 48 heavy (non-hydrogen) atoms. The van der Waals surface area contributed by atoms with E-state index in [1.807, 2.05) is 0 Å². The molecular weight excluding hydrogens is 581 g/mol. The Hall–Kier alpha value is -5.60. The zero-order valence-electron chi connectivity index (χ0n) is 28.0. The summed E-state index contributed by atoms with van der Waals surface area (Å²) < 4.78 is 0. The van der Waals surface area contributed by atoms with Gasteiger partial charge in [-0.2, -0.15) is 0 Å². The van der Waals surface area contributed by atoms with Crippen LogP contribution in [0.3, 0.4) is 0 Å². The Morgan fingerprint density at radius 1 is 0.375 bits per heavy atom. The summed E-state index contributed by atoms with van der Waals surface area (Å²) >= 11 is 0. The van der Waals surface area contributed by atoms with Crippen LogP contribution in [0.2, 0.25) is 0 Å². The first-order valence-corrected chi connectivity index (χ1v) is 17.0. The summed E-state index contributed by atoms with van der Waals surface area (Å²) in [5, 5.41) is 0. The Labute approximate surface area is 287 Å². The predicted molar refractivity (Wildman–Crippen MR) is 206 cm³/mol. The Bertz CT molecular complexity index is 1810. The average molecular weight is 625 g/mol. The van der Waals surface area contributed by atoms with E-state index in [1.54, 1.807) is 0 Å². The summed E-state index contributed by atoms with van der Waals surface area (Å²) in [6.45, 7) is 8.08. The van der Waals surface area contributed by atoms with Gasteiger partial charge in [-0.25, -0.2) is 0 Å². The van der Waals surface area contributed by atoms with E-state index in [2.05, 4.69) is 206 Å². The summed E-state index contributed by atoms with van der Waals surface area (Å²) in [7, 11) is 0. The van der Waals surface area contributed by atoms with Gasteiger partial charge in [-0.05, 0) is 82.6 Å². The molecule has 6 aromatic rings. The fourth-order valence-corrected chi connectivity index (χ4v) is 6.26. The van der Waals surface area contributed by atoms with Crippen LogP contribution in [0.1, 0.15) is 47.2 Å². The third kappa shape index (κ3) is 8.21. The van der Waals surface area contributed by atoms with Crippen molar-refractivity contribution in [3.8, 4) is 0 Å². The molecule has 6 rings (SSSR count). The Balaban J connectivity index is 1.41. The van der Waals surface area contributed by atoms with Crippen LogP contribution < -0.4 is 9.80 Å². The van der Waals surface area contributed by atoms with Crippen LogP contribution in [0.5, 0.6) is 0 Å². The number of hydrogen-bond acceptors (Lipinski definition) is 2. The smallest absolute Gasteiger partial charge is 0.0433 e. The third-order valence-electron chi connectivity index (χ3n) is 8.87. The van der Waals surface area contributed by atoms with E-state index in [1.165, 1.54) is 55.9 Å². The van der Waals surface area contributed by atoms with Crippen molar-refractivity contribution in [2.45, 2.75) is 26.9 Å². The van der Waals surface area contributed by atoms with E-state index >= 15 is 0 Å². The second-order valence-electron chi connectivity index (χ2n) is 12.0. The van der Waals surface area contributed by atoms with Crippen molar-refractivity contribution in [2.75, 3.05) is 22.9 Å². The van der Waals surface area contributed by atoms with Gasteiger partial charge in [0.1, 0.15) is 0 Å². The minimum Gasteiger partial charge on any atom is -0.372 e. The molecule has 0 N–H and O–H groups in total. The standard InChI is InChI=1S/C46H44N2/c1-3-47(4-2)43-29-25-41(26-30-43)46(34-33-45(39-21-13-7-14-22-39)40-23-15-8-16-24-40)42-27-31-44(32-28-42)48(35-37-17-9-5-10-18-37)36-38-19-11-6-12-20-38/h5-34H,3-4,35-36H2,1-2H3/b46-34-. The van der Waals surface area contributed by atoms with Gasteiger partial charge in [-0.15, -0.1) is 0 Å². The van der Waals surface area contributed by atoms with Crippen LogP contribution in [0.15, 0.2) is 182 Å². The second kappa shape index (κ2) is 16.3. The first kappa shape index (κ1) is 32.3. The van der Waals surface area contributed by atoms with Crippen LogP contribution in [0, 0.1) is 0 Å². The normalized spacial score (nSPS) is 11.2. The summed E-state index contributed by atoms with van der Waals surface area (Å²) in [5.74, 6) is 0. The maximum Gasteiger partial charge on any atom is 0.0433 e. The molecule has 0 aromatic heterocycles. The lowest BCUT2D eigenvalue weighted by atomic mass is 9.93. The fraction of sp³-hybridized carbons (Fsp3) is 0.130. The first-order chi connectivity index (χ1) is 23.7. The number of anilines is 2. The van der Waals surface area contributed by atoms with E-state index in [9.17, 15) is 0 Å². The Morgan fingerprint density at radius 2 is 0.688 bits per heavy atom. The van der Waals surface area contributed by atoms with Gasteiger partial charge in [0.05, 0.1) is 0 Å². The van der Waals surface area contributed by atoms with Crippen LogP contribution in [-0.4, -0.2) is 13.1 Å². The third-order valence-corrected chi connectivity index (χ3v) is 8.87. The minimum atomic E-state index is 0.838. The highest BCUT2D eigenvalue weighted by atomic mass is 15.1. The molecule has 0 aliphatic heterocycles. The van der Waals surface area contributed by atoms with Gasteiger partial charge in [-0.3, -0.25) is 0 Å². The maximum atomic E-state index is 2.46. The highest BCUT2D eigenvalue weighted by molar-refractivity contribution is 5.86. The van der Waals surface area contributed by atoms with E-state index < -0.39 is 0 Å². The second-order valence-corrected chi connectivity index (χ2v) is 12.0. The number of hydrogen-bond donors (Lipinski definition) is 0. The number of nitrogens with zero attached hydrogens (tertiary/aromatic N) is 2. The maximum absolute atomic E-state index is 2.46. The van der Waals surface area contributed by atoms with Crippen molar-refractivity contribution in [2.24, 2.45) is 0 Å². The van der Waals surface area contributed by atoms with Crippen molar-refractivity contribution in [3.05, 3.63) is 215 Å². The topological polar surface area (TPSA) is 6.48 Å². The molecule has 0 bridgehead atoms. The lowest BCUT2D eigenvalue weighted by Gasteiger charge is -2.26. The molecule has 0 aliphatic carbocycles. The molecule has 6 aromatic carbocycles. The molecule has 0 atom stereocenters. The quantitative estimate of drug-likeness (QED) is 0.118. The highest BCUT2D eigenvalue weighted by Crippen LogP contribution is 2.31. The molecule has 2 nitrogen and oxygen atoms in total. The van der Waals surface area contributed by atoms with Crippen molar-refractivity contribution in [1.29, 1.82) is 0 Å². The number of rotatable bonds is 13. The summed E-state index contributed by atoms with van der Waals surface area (Å²) in [4.78, 5) is 4.85. The molecule has 0 fully saturated rings. The number of allylic oxidation sites excluding steroid dienone is 2. The van der Waals surface area contributed by atoms with Crippen LogP contribution in [-0.2, 0) is 13.1 Å². The van der Waals surface area contributed by atoms with E-state index in [0.29, 0.717) is 0 Å². The van der Waals surface area contributed by atoms with Gasteiger partial charge >= 0.3 is 0 Å². The molecular formula is C46H44N2. The van der Waals surface area contributed by atoms with Crippen LogP contribution in [0.25, 0.3) is 11.1 Å². The van der Waals surface area contributed by atoms with Crippen molar-refractivity contribution < 1.29 is 0 Å². The lowest BCUT2D eigenvalue weighted by molar-refractivity contribution is 0.800. The molecule has 0 heterocycles. The fourth-order valence-electron chi connectivity index (χ4n) is 6.26. The van der Waals surface area contributed by atoms with Gasteiger partial charge in [0, 0.05) is 37.6 Å². The SMILES string of the molecule is CCN(CC)c1ccc(/C(=C/C=C(c2ccccc2)c2ccccc2)c2ccc(N(Cc3ccccc3)Cc3ccccc3)cc2)cc1. The van der Waals surface area contributed by atoms with Gasteiger partial charge in [-0.1, -0.05) is 158 Å². The molecule has 238 valence electrons. The molecule has 2 heteroatoms. The monoisotopic (exact) mass is 624 g/mol. The van der Waals surface area contributed by atoms with E-state index in [0.717, 1.165) is 26.2 Å². The largest absolute Gasteiger partial charge is 0.372 e. The Morgan fingerprint density at radius 3 is 1.04 bits per heavy atom. The predicted octanol–water partition coefficient (Wildman–Crippen LogP) is 11.3. The molecule has 0 aliphatic rings. The minimum absolute atomic E-state index is 0.838. The molecule has 0 saturated heterocycles. The molecule has 0 radical (unpaired) electrons. The summed E-state index contributed by atoms with van der Waals surface area (Å²) in [6.07, 6.45) is 4.58. The van der Waals surface area contributed by atoms with Crippen molar-refractivity contribution in [3.63, 3.8) is 0 Å². The lowest BCUT2D eigenvalue weighted by Crippen LogP contribution is -2.22. The van der Waals surface area contributed by atoms with Crippen LogP contribution >= 0.6 is 0 Å². The number of benzene rings is 6.